The molecule has 1 amide bonds. The largest absolute Gasteiger partial charge is 0.453 e. The molecule has 1 aromatic carbocycles. The van der Waals surface area contributed by atoms with Crippen LogP contribution in [0.15, 0.2) is 64.6 Å². The molecule has 3 aromatic rings. The van der Waals surface area contributed by atoms with E-state index in [1.165, 1.54) is 18.9 Å². The van der Waals surface area contributed by atoms with E-state index in [4.69, 9.17) is 0 Å². The van der Waals surface area contributed by atoms with Gasteiger partial charge in [-0.15, -0.1) is 0 Å². The van der Waals surface area contributed by atoms with Gasteiger partial charge in [-0.3, -0.25) is 9.72 Å². The van der Waals surface area contributed by atoms with Crippen molar-refractivity contribution in [1.29, 1.82) is 0 Å². The van der Waals surface area contributed by atoms with Crippen molar-refractivity contribution in [2.45, 2.75) is 9.92 Å². The smallest absolute Gasteiger partial charge is 0.412 e. The summed E-state index contributed by atoms with van der Waals surface area (Å²) in [6.07, 6.45) is 1.38. The van der Waals surface area contributed by atoms with Gasteiger partial charge in [-0.1, -0.05) is 36.0 Å². The number of hydrogen-bond acceptors (Lipinski definition) is 4. The summed E-state index contributed by atoms with van der Waals surface area (Å²) < 4.78 is 6.58. The van der Waals surface area contributed by atoms with Gasteiger partial charge in [0.2, 0.25) is 0 Å². The van der Waals surface area contributed by atoms with Gasteiger partial charge in [0.05, 0.1) is 7.11 Å². The lowest BCUT2D eigenvalue weighted by atomic mass is 10.4. The average molecular weight is 299 g/mol. The molecule has 1 N–H and O–H groups in total. The molecule has 0 radical (unpaired) electrons. The van der Waals surface area contributed by atoms with Crippen molar-refractivity contribution in [3.8, 4) is 0 Å². The maximum absolute atomic E-state index is 11.5. The summed E-state index contributed by atoms with van der Waals surface area (Å²) in [6.45, 7) is 0. The van der Waals surface area contributed by atoms with Gasteiger partial charge in [-0.05, 0) is 24.3 Å². The second-order valence-corrected chi connectivity index (χ2v) is 5.29. The number of aromatic nitrogens is 2. The van der Waals surface area contributed by atoms with E-state index in [9.17, 15) is 4.79 Å². The van der Waals surface area contributed by atoms with E-state index in [0.29, 0.717) is 5.82 Å². The number of benzene rings is 1. The summed E-state index contributed by atoms with van der Waals surface area (Å²) in [7, 11) is 1.33. The van der Waals surface area contributed by atoms with Crippen LogP contribution in [0.1, 0.15) is 0 Å². The van der Waals surface area contributed by atoms with Gasteiger partial charge in [-0.25, -0.2) is 9.78 Å². The van der Waals surface area contributed by atoms with Crippen LogP contribution in [0.3, 0.4) is 0 Å². The highest BCUT2D eigenvalue weighted by Gasteiger charge is 2.15. The number of amides is 1. The second kappa shape index (κ2) is 5.88. The van der Waals surface area contributed by atoms with Crippen molar-refractivity contribution in [3.05, 3.63) is 54.7 Å². The van der Waals surface area contributed by atoms with Crippen LogP contribution in [0.4, 0.5) is 10.6 Å². The van der Waals surface area contributed by atoms with Crippen LogP contribution in [0, 0.1) is 0 Å². The number of anilines is 1. The number of hydrogen-bond donors (Lipinski definition) is 1. The van der Waals surface area contributed by atoms with Crippen molar-refractivity contribution >= 4 is 29.3 Å². The standard InChI is InChI=1S/C15H13N3O2S/c1-20-15(19)17-13-14(21-11-7-3-2-4-8-11)18-10-6-5-9-12(18)16-13/h2-10H,1H3,(H,17,19). The maximum Gasteiger partial charge on any atom is 0.412 e. The number of carbonyl (C=O) groups is 1. The third-order valence-corrected chi connectivity index (χ3v) is 3.94. The number of rotatable bonds is 3. The molecule has 2 heterocycles. The van der Waals surface area contributed by atoms with Crippen molar-refractivity contribution in [2.24, 2.45) is 0 Å². The zero-order chi connectivity index (χ0) is 14.7. The monoisotopic (exact) mass is 299 g/mol. The molecular formula is C15H13N3O2S. The van der Waals surface area contributed by atoms with Crippen LogP contribution in [0.5, 0.6) is 0 Å². The van der Waals surface area contributed by atoms with Gasteiger partial charge in [-0.2, -0.15) is 0 Å². The Morgan fingerprint density at radius 2 is 1.95 bits per heavy atom. The normalized spacial score (nSPS) is 10.5. The number of methoxy groups -OCH3 is 1. The third kappa shape index (κ3) is 2.85. The molecule has 0 aliphatic rings. The summed E-state index contributed by atoms with van der Waals surface area (Å²) in [6, 6.07) is 15.6. The Bertz CT molecular complexity index is 771. The third-order valence-electron chi connectivity index (χ3n) is 2.85. The van der Waals surface area contributed by atoms with Crippen LogP contribution in [-0.2, 0) is 4.74 Å². The van der Waals surface area contributed by atoms with Crippen LogP contribution in [0.2, 0.25) is 0 Å². The zero-order valence-corrected chi connectivity index (χ0v) is 12.1. The van der Waals surface area contributed by atoms with Crippen molar-refractivity contribution in [1.82, 2.24) is 9.38 Å². The van der Waals surface area contributed by atoms with Gasteiger partial charge in [0.25, 0.3) is 0 Å². The minimum Gasteiger partial charge on any atom is -0.453 e. The first kappa shape index (κ1) is 13.5. The molecule has 3 rings (SSSR count). The Labute approximate surface area is 126 Å². The topological polar surface area (TPSA) is 55.6 Å². The van der Waals surface area contributed by atoms with Crippen LogP contribution >= 0.6 is 11.8 Å². The molecule has 0 saturated heterocycles. The fourth-order valence-corrected chi connectivity index (χ4v) is 2.86. The molecule has 0 atom stereocenters. The minimum absolute atomic E-state index is 0.488. The molecule has 21 heavy (non-hydrogen) atoms. The summed E-state index contributed by atoms with van der Waals surface area (Å²) in [5, 5.41) is 3.49. The van der Waals surface area contributed by atoms with Crippen molar-refractivity contribution in [2.75, 3.05) is 12.4 Å². The first-order chi connectivity index (χ1) is 10.3. The fourth-order valence-electron chi connectivity index (χ4n) is 1.90. The molecule has 0 spiro atoms. The quantitative estimate of drug-likeness (QED) is 0.802. The fraction of sp³-hybridized carbons (Fsp3) is 0.0667. The van der Waals surface area contributed by atoms with Crippen molar-refractivity contribution < 1.29 is 9.53 Å². The highest BCUT2D eigenvalue weighted by atomic mass is 32.2. The lowest BCUT2D eigenvalue weighted by molar-refractivity contribution is 0.186. The molecule has 106 valence electrons. The molecule has 0 aliphatic heterocycles. The number of carbonyl (C=O) groups excluding carboxylic acids is 1. The molecule has 0 unspecified atom stereocenters. The Morgan fingerprint density at radius 3 is 2.71 bits per heavy atom. The Hall–Kier alpha value is -2.47. The molecule has 0 bridgehead atoms. The van der Waals surface area contributed by atoms with Crippen LogP contribution in [0.25, 0.3) is 5.65 Å². The first-order valence-electron chi connectivity index (χ1n) is 6.33. The first-order valence-corrected chi connectivity index (χ1v) is 7.14. The Kier molecular flexibility index (Phi) is 3.79. The van der Waals surface area contributed by atoms with Gasteiger partial charge >= 0.3 is 6.09 Å². The highest BCUT2D eigenvalue weighted by molar-refractivity contribution is 7.99. The highest BCUT2D eigenvalue weighted by Crippen LogP contribution is 2.33. The van der Waals surface area contributed by atoms with E-state index in [0.717, 1.165) is 15.6 Å². The molecule has 0 saturated carbocycles. The molecule has 5 nitrogen and oxygen atoms in total. The van der Waals surface area contributed by atoms with E-state index < -0.39 is 6.09 Å². The summed E-state index contributed by atoms with van der Waals surface area (Å²) >= 11 is 1.53. The van der Waals surface area contributed by atoms with E-state index in [2.05, 4.69) is 15.0 Å². The van der Waals surface area contributed by atoms with Crippen molar-refractivity contribution in [3.63, 3.8) is 0 Å². The minimum atomic E-state index is -0.534. The average Bonchev–Trinajstić information content (AvgIpc) is 2.86. The molecule has 2 aromatic heterocycles. The van der Waals surface area contributed by atoms with E-state index in [-0.39, 0.29) is 0 Å². The number of ether oxygens (including phenoxy) is 1. The van der Waals surface area contributed by atoms with Gasteiger partial charge in [0.1, 0.15) is 10.7 Å². The van der Waals surface area contributed by atoms with Gasteiger partial charge < -0.3 is 4.74 Å². The molecule has 0 fully saturated rings. The summed E-state index contributed by atoms with van der Waals surface area (Å²) in [4.78, 5) is 17.0. The lowest BCUT2D eigenvalue weighted by Gasteiger charge is -2.05. The molecule has 6 heteroatoms. The zero-order valence-electron chi connectivity index (χ0n) is 11.3. The second-order valence-electron chi connectivity index (χ2n) is 4.23. The predicted molar refractivity (Wildman–Crippen MR) is 81.8 cm³/mol. The van der Waals surface area contributed by atoms with Gasteiger partial charge in [0, 0.05) is 11.1 Å². The SMILES string of the molecule is COC(=O)Nc1nc2ccccn2c1Sc1ccccc1. The van der Waals surface area contributed by atoms with Crippen LogP contribution in [-0.4, -0.2) is 22.6 Å². The number of nitrogens with one attached hydrogen (secondary N) is 1. The lowest BCUT2D eigenvalue weighted by Crippen LogP contribution is -2.11. The van der Waals surface area contributed by atoms with Gasteiger partial charge in [0.15, 0.2) is 5.82 Å². The molecule has 0 aliphatic carbocycles. The van der Waals surface area contributed by atoms with E-state index in [1.54, 1.807) is 0 Å². The van der Waals surface area contributed by atoms with E-state index in [1.807, 2.05) is 59.1 Å². The number of pyridine rings is 1. The Balaban J connectivity index is 2.05. The predicted octanol–water partition coefficient (Wildman–Crippen LogP) is 3.66. The summed E-state index contributed by atoms with van der Waals surface area (Å²) in [5.74, 6) is 0.488. The molecular weight excluding hydrogens is 286 g/mol. The van der Waals surface area contributed by atoms with Crippen LogP contribution < -0.4 is 5.32 Å². The number of fused-ring (bicyclic) bond motifs is 1. The summed E-state index contributed by atoms with van der Waals surface area (Å²) in [5.41, 5.74) is 0.766. The maximum atomic E-state index is 11.5. The number of nitrogens with zero attached hydrogens (tertiary/aromatic N) is 2. The number of imidazole rings is 1. The Morgan fingerprint density at radius 1 is 1.19 bits per heavy atom. The van der Waals surface area contributed by atoms with E-state index >= 15 is 0 Å².